The van der Waals surface area contributed by atoms with Crippen molar-refractivity contribution in [2.45, 2.75) is 33.1 Å². The van der Waals surface area contributed by atoms with Gasteiger partial charge in [0.25, 0.3) is 0 Å². The SMILES string of the molecule is CC(Cc1cc(C(C)C)cc(Br)c1F)C(=O)O. The van der Waals surface area contributed by atoms with E-state index in [-0.39, 0.29) is 18.2 Å². The lowest BCUT2D eigenvalue weighted by Gasteiger charge is -2.13. The van der Waals surface area contributed by atoms with E-state index in [1.165, 1.54) is 0 Å². The van der Waals surface area contributed by atoms with Crippen LogP contribution in [-0.2, 0) is 11.2 Å². The lowest BCUT2D eigenvalue weighted by molar-refractivity contribution is -0.141. The molecule has 1 N–H and O–H groups in total. The quantitative estimate of drug-likeness (QED) is 0.913. The number of benzene rings is 1. The van der Waals surface area contributed by atoms with Gasteiger partial charge >= 0.3 is 5.97 Å². The Balaban J connectivity index is 3.09. The van der Waals surface area contributed by atoms with E-state index >= 15 is 0 Å². The molecule has 1 aromatic rings. The van der Waals surface area contributed by atoms with Gasteiger partial charge in [0, 0.05) is 0 Å². The summed E-state index contributed by atoms with van der Waals surface area (Å²) in [6.45, 7) is 5.62. The standard InChI is InChI=1S/C13H16BrFO2/c1-7(2)9-5-10(4-8(3)13(16)17)12(15)11(14)6-9/h5-8H,4H2,1-3H3,(H,16,17). The van der Waals surface area contributed by atoms with Crippen molar-refractivity contribution in [1.29, 1.82) is 0 Å². The highest BCUT2D eigenvalue weighted by Crippen LogP contribution is 2.27. The molecule has 1 aromatic carbocycles. The summed E-state index contributed by atoms with van der Waals surface area (Å²) in [5.41, 5.74) is 1.46. The summed E-state index contributed by atoms with van der Waals surface area (Å²) in [4.78, 5) is 10.8. The van der Waals surface area contributed by atoms with Gasteiger partial charge in [0.1, 0.15) is 5.82 Å². The van der Waals surface area contributed by atoms with E-state index in [4.69, 9.17) is 5.11 Å². The van der Waals surface area contributed by atoms with E-state index in [1.807, 2.05) is 13.8 Å². The van der Waals surface area contributed by atoms with Crippen LogP contribution >= 0.6 is 15.9 Å². The minimum atomic E-state index is -0.907. The van der Waals surface area contributed by atoms with E-state index in [2.05, 4.69) is 15.9 Å². The Bertz CT molecular complexity index is 430. The summed E-state index contributed by atoms with van der Waals surface area (Å²) in [5.74, 6) is -1.57. The molecule has 0 aromatic heterocycles. The zero-order chi connectivity index (χ0) is 13.2. The van der Waals surface area contributed by atoms with E-state index in [9.17, 15) is 9.18 Å². The zero-order valence-corrected chi connectivity index (χ0v) is 11.7. The second kappa shape index (κ2) is 5.63. The molecule has 0 aliphatic heterocycles. The summed E-state index contributed by atoms with van der Waals surface area (Å²) in [7, 11) is 0. The topological polar surface area (TPSA) is 37.3 Å². The van der Waals surface area contributed by atoms with Crippen LogP contribution in [0.3, 0.4) is 0 Å². The van der Waals surface area contributed by atoms with Crippen molar-refractivity contribution in [2.75, 3.05) is 0 Å². The predicted molar refractivity (Wildman–Crippen MR) is 68.7 cm³/mol. The van der Waals surface area contributed by atoms with Gasteiger partial charge in [-0.15, -0.1) is 0 Å². The average molecular weight is 303 g/mol. The number of rotatable bonds is 4. The Kier molecular flexibility index (Phi) is 4.69. The van der Waals surface area contributed by atoms with Crippen LogP contribution in [-0.4, -0.2) is 11.1 Å². The van der Waals surface area contributed by atoms with Crippen LogP contribution in [0.2, 0.25) is 0 Å². The predicted octanol–water partition coefficient (Wildman–Crippen LogP) is 3.97. The molecule has 0 radical (unpaired) electrons. The van der Waals surface area contributed by atoms with Gasteiger partial charge in [-0.05, 0) is 45.5 Å². The van der Waals surface area contributed by atoms with Crippen LogP contribution in [0.15, 0.2) is 16.6 Å². The van der Waals surface area contributed by atoms with Crippen LogP contribution in [0, 0.1) is 11.7 Å². The van der Waals surface area contributed by atoms with E-state index in [0.717, 1.165) is 5.56 Å². The number of carboxylic acids is 1. The second-order valence-electron chi connectivity index (χ2n) is 4.57. The van der Waals surface area contributed by atoms with Gasteiger partial charge in [0.2, 0.25) is 0 Å². The van der Waals surface area contributed by atoms with Gasteiger partial charge in [-0.25, -0.2) is 4.39 Å². The minimum absolute atomic E-state index is 0.209. The number of carbonyl (C=O) groups is 1. The van der Waals surface area contributed by atoms with Crippen molar-refractivity contribution in [3.05, 3.63) is 33.5 Å². The third-order valence-electron chi connectivity index (χ3n) is 2.74. The van der Waals surface area contributed by atoms with Crippen molar-refractivity contribution in [3.8, 4) is 0 Å². The van der Waals surface area contributed by atoms with Crippen LogP contribution < -0.4 is 0 Å². The molecule has 0 heterocycles. The Labute approximate surface area is 109 Å². The maximum Gasteiger partial charge on any atom is 0.306 e. The van der Waals surface area contributed by atoms with E-state index in [1.54, 1.807) is 19.1 Å². The molecule has 0 aliphatic rings. The summed E-state index contributed by atoms with van der Waals surface area (Å²) < 4.78 is 14.2. The first-order valence-corrected chi connectivity index (χ1v) is 6.32. The minimum Gasteiger partial charge on any atom is -0.481 e. The molecule has 0 aliphatic carbocycles. The fraction of sp³-hybridized carbons (Fsp3) is 0.462. The number of halogens is 2. The maximum atomic E-state index is 13.8. The molecule has 0 spiro atoms. The first kappa shape index (κ1) is 14.2. The fourth-order valence-electron chi connectivity index (χ4n) is 1.57. The molecule has 17 heavy (non-hydrogen) atoms. The Hall–Kier alpha value is -0.900. The maximum absolute atomic E-state index is 13.8. The Morgan fingerprint density at radius 3 is 2.47 bits per heavy atom. The van der Waals surface area contributed by atoms with Gasteiger partial charge in [-0.1, -0.05) is 26.8 Å². The molecular formula is C13H16BrFO2. The van der Waals surface area contributed by atoms with Crippen LogP contribution in [0.5, 0.6) is 0 Å². The van der Waals surface area contributed by atoms with Gasteiger partial charge in [-0.3, -0.25) is 4.79 Å². The summed E-state index contributed by atoms with van der Waals surface area (Å²) in [5, 5.41) is 8.85. The zero-order valence-electron chi connectivity index (χ0n) is 10.1. The Morgan fingerprint density at radius 1 is 1.41 bits per heavy atom. The van der Waals surface area contributed by atoms with E-state index < -0.39 is 11.9 Å². The van der Waals surface area contributed by atoms with Crippen molar-refractivity contribution < 1.29 is 14.3 Å². The molecule has 1 unspecified atom stereocenters. The Morgan fingerprint density at radius 2 is 2.00 bits per heavy atom. The molecule has 0 bridgehead atoms. The van der Waals surface area contributed by atoms with Crippen LogP contribution in [0.4, 0.5) is 4.39 Å². The first-order valence-electron chi connectivity index (χ1n) is 5.53. The molecule has 94 valence electrons. The lowest BCUT2D eigenvalue weighted by atomic mass is 9.95. The highest BCUT2D eigenvalue weighted by Gasteiger charge is 2.17. The third kappa shape index (κ3) is 3.53. The van der Waals surface area contributed by atoms with Crippen molar-refractivity contribution in [2.24, 2.45) is 5.92 Å². The number of hydrogen-bond donors (Lipinski definition) is 1. The molecule has 1 atom stereocenters. The summed E-state index contributed by atoms with van der Waals surface area (Å²) >= 11 is 3.17. The fourth-order valence-corrected chi connectivity index (χ4v) is 2.09. The van der Waals surface area contributed by atoms with Crippen molar-refractivity contribution >= 4 is 21.9 Å². The highest BCUT2D eigenvalue weighted by molar-refractivity contribution is 9.10. The second-order valence-corrected chi connectivity index (χ2v) is 5.43. The van der Waals surface area contributed by atoms with Gasteiger partial charge in [0.15, 0.2) is 0 Å². The molecule has 4 heteroatoms. The van der Waals surface area contributed by atoms with Gasteiger partial charge < -0.3 is 5.11 Å². The molecule has 0 saturated carbocycles. The summed E-state index contributed by atoms with van der Waals surface area (Å²) in [6.07, 6.45) is 0.209. The average Bonchev–Trinajstić information content (AvgIpc) is 2.23. The normalized spacial score (nSPS) is 12.8. The molecule has 0 amide bonds. The van der Waals surface area contributed by atoms with Crippen molar-refractivity contribution in [3.63, 3.8) is 0 Å². The smallest absolute Gasteiger partial charge is 0.306 e. The van der Waals surface area contributed by atoms with Crippen LogP contribution in [0.25, 0.3) is 0 Å². The monoisotopic (exact) mass is 302 g/mol. The van der Waals surface area contributed by atoms with E-state index in [0.29, 0.717) is 10.0 Å². The van der Waals surface area contributed by atoms with Crippen LogP contribution in [0.1, 0.15) is 37.8 Å². The molecule has 1 rings (SSSR count). The van der Waals surface area contributed by atoms with Gasteiger partial charge in [-0.2, -0.15) is 0 Å². The lowest BCUT2D eigenvalue weighted by Crippen LogP contribution is -2.13. The third-order valence-corrected chi connectivity index (χ3v) is 3.32. The molecular weight excluding hydrogens is 287 g/mol. The highest BCUT2D eigenvalue weighted by atomic mass is 79.9. The largest absolute Gasteiger partial charge is 0.481 e. The first-order chi connectivity index (χ1) is 7.82. The molecule has 0 fully saturated rings. The number of hydrogen-bond acceptors (Lipinski definition) is 1. The number of carboxylic acid groups (broad SMARTS) is 1. The molecule has 2 nitrogen and oxygen atoms in total. The van der Waals surface area contributed by atoms with Gasteiger partial charge in [0.05, 0.1) is 10.4 Å². The number of aliphatic carboxylic acids is 1. The summed E-state index contributed by atoms with van der Waals surface area (Å²) in [6, 6.07) is 3.50. The van der Waals surface area contributed by atoms with Crippen molar-refractivity contribution in [1.82, 2.24) is 0 Å². The molecule has 0 saturated heterocycles.